The molecule has 0 saturated carbocycles. The van der Waals surface area contributed by atoms with Crippen molar-refractivity contribution in [1.29, 1.82) is 0 Å². The Bertz CT molecular complexity index is 942. The minimum atomic E-state index is -0.317. The molecule has 150 valence electrons. The van der Waals surface area contributed by atoms with Crippen molar-refractivity contribution < 1.29 is 19.1 Å². The number of nitrogens with one attached hydrogen (secondary N) is 1. The highest BCUT2D eigenvalue weighted by Gasteiger charge is 2.18. The smallest absolute Gasteiger partial charge is 0.311 e. The van der Waals surface area contributed by atoms with Crippen LogP contribution in [-0.2, 0) is 20.7 Å². The lowest BCUT2D eigenvalue weighted by Crippen LogP contribution is -2.15. The second-order valence-corrected chi connectivity index (χ2v) is 7.18. The third-order valence-electron chi connectivity index (χ3n) is 3.94. The first-order valence-electron chi connectivity index (χ1n) is 9.34. The standard InChI is InChI=1S/C22H22N2O4S/c1-2-27-20(26)15-18-21(16-9-5-3-6-10-16)24-22(29-18)23-19(25)13-14-28-17-11-7-4-8-12-17/h3-12H,2,13-15H2,1H3,(H,23,24,25). The molecule has 0 fully saturated rings. The Morgan fingerprint density at radius 1 is 1.03 bits per heavy atom. The molecule has 6 nitrogen and oxygen atoms in total. The van der Waals surface area contributed by atoms with E-state index in [1.165, 1.54) is 11.3 Å². The van der Waals surface area contributed by atoms with E-state index in [4.69, 9.17) is 9.47 Å². The van der Waals surface area contributed by atoms with Crippen LogP contribution in [0.1, 0.15) is 18.2 Å². The average molecular weight is 410 g/mol. The summed E-state index contributed by atoms with van der Waals surface area (Å²) in [6.07, 6.45) is 0.311. The van der Waals surface area contributed by atoms with Crippen molar-refractivity contribution in [3.63, 3.8) is 0 Å². The van der Waals surface area contributed by atoms with E-state index in [9.17, 15) is 9.59 Å². The van der Waals surface area contributed by atoms with E-state index < -0.39 is 0 Å². The van der Waals surface area contributed by atoms with Crippen LogP contribution in [0.3, 0.4) is 0 Å². The lowest BCUT2D eigenvalue weighted by molar-refractivity contribution is -0.142. The number of hydrogen-bond acceptors (Lipinski definition) is 6. The first-order valence-corrected chi connectivity index (χ1v) is 10.2. The van der Waals surface area contributed by atoms with Crippen molar-refractivity contribution in [3.8, 4) is 17.0 Å². The van der Waals surface area contributed by atoms with Gasteiger partial charge in [0.1, 0.15) is 5.75 Å². The van der Waals surface area contributed by atoms with Crippen LogP contribution in [0.2, 0.25) is 0 Å². The quantitative estimate of drug-likeness (QED) is 0.532. The first kappa shape index (κ1) is 20.5. The van der Waals surface area contributed by atoms with Crippen molar-refractivity contribution in [2.75, 3.05) is 18.5 Å². The first-order chi connectivity index (χ1) is 14.2. The number of hydrogen-bond donors (Lipinski definition) is 1. The summed E-state index contributed by atoms with van der Waals surface area (Å²) in [6, 6.07) is 18.9. The monoisotopic (exact) mass is 410 g/mol. The maximum absolute atomic E-state index is 12.3. The number of nitrogens with zero attached hydrogens (tertiary/aromatic N) is 1. The molecule has 0 radical (unpaired) electrons. The zero-order chi connectivity index (χ0) is 20.5. The molecule has 0 aliphatic carbocycles. The predicted octanol–water partition coefficient (Wildman–Crippen LogP) is 4.32. The van der Waals surface area contributed by atoms with Gasteiger partial charge in [0.2, 0.25) is 5.91 Å². The number of amides is 1. The Kier molecular flexibility index (Phi) is 7.35. The van der Waals surface area contributed by atoms with Gasteiger partial charge < -0.3 is 14.8 Å². The molecule has 0 unspecified atom stereocenters. The van der Waals surface area contributed by atoms with Crippen LogP contribution in [0.15, 0.2) is 60.7 Å². The number of aromatic nitrogens is 1. The lowest BCUT2D eigenvalue weighted by atomic mass is 10.1. The Labute approximate surface area is 173 Å². The Balaban J connectivity index is 1.66. The maximum Gasteiger partial charge on any atom is 0.311 e. The van der Waals surface area contributed by atoms with Crippen LogP contribution in [-0.4, -0.2) is 30.1 Å². The number of thiazole rings is 1. The van der Waals surface area contributed by atoms with E-state index in [-0.39, 0.29) is 31.3 Å². The van der Waals surface area contributed by atoms with Crippen molar-refractivity contribution in [3.05, 3.63) is 65.5 Å². The van der Waals surface area contributed by atoms with Crippen molar-refractivity contribution in [2.45, 2.75) is 19.8 Å². The third-order valence-corrected chi connectivity index (χ3v) is 4.91. The minimum absolute atomic E-state index is 0.114. The SMILES string of the molecule is CCOC(=O)Cc1sc(NC(=O)CCOc2ccccc2)nc1-c1ccccc1. The fourth-order valence-corrected chi connectivity index (χ4v) is 3.64. The van der Waals surface area contributed by atoms with Gasteiger partial charge in [-0.2, -0.15) is 0 Å². The fraction of sp³-hybridized carbons (Fsp3) is 0.227. The molecule has 29 heavy (non-hydrogen) atoms. The number of benzene rings is 2. The molecule has 0 atom stereocenters. The highest BCUT2D eigenvalue weighted by molar-refractivity contribution is 7.16. The summed E-state index contributed by atoms with van der Waals surface area (Å²) in [4.78, 5) is 29.5. The molecule has 1 aromatic heterocycles. The van der Waals surface area contributed by atoms with Crippen LogP contribution in [0.25, 0.3) is 11.3 Å². The van der Waals surface area contributed by atoms with Gasteiger partial charge in [-0.1, -0.05) is 48.5 Å². The Hall–Kier alpha value is -3.19. The van der Waals surface area contributed by atoms with Gasteiger partial charge in [0.15, 0.2) is 5.13 Å². The Morgan fingerprint density at radius 3 is 2.41 bits per heavy atom. The van der Waals surface area contributed by atoms with E-state index in [0.717, 1.165) is 16.2 Å². The summed E-state index contributed by atoms with van der Waals surface area (Å²) >= 11 is 1.28. The van der Waals surface area contributed by atoms with Crippen LogP contribution in [0, 0.1) is 0 Å². The molecule has 0 spiro atoms. The van der Waals surface area contributed by atoms with Crippen LogP contribution < -0.4 is 10.1 Å². The number of anilines is 1. The van der Waals surface area contributed by atoms with E-state index in [0.29, 0.717) is 17.4 Å². The highest BCUT2D eigenvalue weighted by atomic mass is 32.1. The predicted molar refractivity (Wildman–Crippen MR) is 113 cm³/mol. The fourth-order valence-electron chi connectivity index (χ4n) is 2.65. The second kappa shape index (κ2) is 10.4. The van der Waals surface area contributed by atoms with Crippen LogP contribution in [0.5, 0.6) is 5.75 Å². The number of esters is 1. The van der Waals surface area contributed by atoms with Crippen molar-refractivity contribution >= 4 is 28.3 Å². The Morgan fingerprint density at radius 2 is 1.72 bits per heavy atom. The van der Waals surface area contributed by atoms with Crippen LogP contribution in [0.4, 0.5) is 5.13 Å². The summed E-state index contributed by atoms with van der Waals surface area (Å²) < 4.78 is 10.6. The van der Waals surface area contributed by atoms with Gasteiger partial charge in [0.25, 0.3) is 0 Å². The van der Waals surface area contributed by atoms with Crippen molar-refractivity contribution in [1.82, 2.24) is 4.98 Å². The molecule has 0 aliphatic heterocycles. The summed E-state index contributed by atoms with van der Waals surface area (Å²) in [5, 5.41) is 3.25. The van der Waals surface area contributed by atoms with Gasteiger partial charge in [0.05, 0.1) is 31.7 Å². The van der Waals surface area contributed by atoms with Crippen LogP contribution >= 0.6 is 11.3 Å². The average Bonchev–Trinajstić information content (AvgIpc) is 3.11. The van der Waals surface area contributed by atoms with E-state index in [2.05, 4.69) is 10.3 Å². The molecule has 1 heterocycles. The summed E-state index contributed by atoms with van der Waals surface area (Å²) in [5.41, 5.74) is 1.57. The van der Waals surface area contributed by atoms with Gasteiger partial charge in [0, 0.05) is 10.4 Å². The van der Waals surface area contributed by atoms with Gasteiger partial charge in [-0.3, -0.25) is 9.59 Å². The molecule has 1 N–H and O–H groups in total. The third kappa shape index (κ3) is 6.15. The lowest BCUT2D eigenvalue weighted by Gasteiger charge is -2.05. The molecule has 3 aromatic rings. The summed E-state index contributed by atoms with van der Waals surface area (Å²) in [7, 11) is 0. The molecule has 7 heteroatoms. The van der Waals surface area contributed by atoms with E-state index in [1.807, 2.05) is 60.7 Å². The number of para-hydroxylation sites is 1. The maximum atomic E-state index is 12.3. The molecule has 2 aromatic carbocycles. The van der Waals surface area contributed by atoms with E-state index >= 15 is 0 Å². The molecular weight excluding hydrogens is 388 g/mol. The zero-order valence-corrected chi connectivity index (χ0v) is 16.9. The minimum Gasteiger partial charge on any atom is -0.493 e. The number of rotatable bonds is 9. The molecule has 0 saturated heterocycles. The number of ether oxygens (including phenoxy) is 2. The van der Waals surface area contributed by atoms with E-state index in [1.54, 1.807) is 6.92 Å². The molecule has 1 amide bonds. The largest absolute Gasteiger partial charge is 0.493 e. The second-order valence-electron chi connectivity index (χ2n) is 6.10. The molecular formula is C22H22N2O4S. The van der Waals surface area contributed by atoms with Gasteiger partial charge in [-0.05, 0) is 19.1 Å². The van der Waals surface area contributed by atoms with Gasteiger partial charge >= 0.3 is 5.97 Å². The van der Waals surface area contributed by atoms with Gasteiger partial charge in [-0.15, -0.1) is 11.3 Å². The molecule has 0 aliphatic rings. The highest BCUT2D eigenvalue weighted by Crippen LogP contribution is 2.31. The van der Waals surface area contributed by atoms with Gasteiger partial charge in [-0.25, -0.2) is 4.98 Å². The normalized spacial score (nSPS) is 10.4. The summed E-state index contributed by atoms with van der Waals surface area (Å²) in [6.45, 7) is 2.36. The summed E-state index contributed by atoms with van der Waals surface area (Å²) in [5.74, 6) is 0.206. The van der Waals surface area contributed by atoms with Crippen molar-refractivity contribution in [2.24, 2.45) is 0 Å². The topological polar surface area (TPSA) is 77.5 Å². The number of carbonyl (C=O) groups is 2. The zero-order valence-electron chi connectivity index (χ0n) is 16.1. The molecule has 0 bridgehead atoms. The number of carbonyl (C=O) groups excluding carboxylic acids is 2. The molecule has 3 rings (SSSR count).